The second kappa shape index (κ2) is 7.76. The van der Waals surface area contributed by atoms with Crippen molar-refractivity contribution in [3.63, 3.8) is 0 Å². The molecule has 0 fully saturated rings. The number of hydrogen-bond donors (Lipinski definition) is 1. The van der Waals surface area contributed by atoms with Gasteiger partial charge in [-0.25, -0.2) is 0 Å². The number of nitrogens with one attached hydrogen (secondary N) is 1. The molecule has 0 aliphatic carbocycles. The number of hydrogen-bond acceptors (Lipinski definition) is 4. The normalized spacial score (nSPS) is 10.7. The molecular formula is C18H17N3O2. The highest BCUT2D eigenvalue weighted by Crippen LogP contribution is 2.23. The van der Waals surface area contributed by atoms with Gasteiger partial charge in [-0.1, -0.05) is 13.0 Å². The van der Waals surface area contributed by atoms with Gasteiger partial charge in [0, 0.05) is 11.8 Å². The Morgan fingerprint density at radius 1 is 1.43 bits per heavy atom. The summed E-state index contributed by atoms with van der Waals surface area (Å²) in [5.74, 6) is 0.133. The van der Waals surface area contributed by atoms with Crippen LogP contribution in [-0.4, -0.2) is 18.0 Å². The third kappa shape index (κ3) is 4.17. The highest BCUT2D eigenvalue weighted by Gasteiger charge is 2.11. The number of amides is 1. The van der Waals surface area contributed by atoms with Crippen LogP contribution in [0.5, 0.6) is 5.75 Å². The fourth-order valence-corrected chi connectivity index (χ4v) is 2.06. The molecule has 0 atom stereocenters. The van der Waals surface area contributed by atoms with Gasteiger partial charge in [-0.2, -0.15) is 5.26 Å². The van der Waals surface area contributed by atoms with Crippen molar-refractivity contribution in [2.75, 3.05) is 12.4 Å². The summed E-state index contributed by atoms with van der Waals surface area (Å²) < 4.78 is 5.29. The van der Waals surface area contributed by atoms with Crippen molar-refractivity contribution in [1.82, 2.24) is 4.98 Å². The third-order valence-electron chi connectivity index (χ3n) is 3.29. The second-order valence-corrected chi connectivity index (χ2v) is 4.80. The maximum Gasteiger partial charge on any atom is 0.266 e. The second-order valence-electron chi connectivity index (χ2n) is 4.80. The van der Waals surface area contributed by atoms with Gasteiger partial charge in [0.1, 0.15) is 17.4 Å². The Labute approximate surface area is 135 Å². The van der Waals surface area contributed by atoms with Gasteiger partial charge in [0.25, 0.3) is 5.91 Å². The van der Waals surface area contributed by atoms with Crippen molar-refractivity contribution < 1.29 is 9.53 Å². The van der Waals surface area contributed by atoms with Crippen LogP contribution in [0.25, 0.3) is 6.08 Å². The SMILES string of the molecule is CCc1ccc(OC)c(/C=C(\C#N)C(=O)Nc2cccnc2)c1. The predicted molar refractivity (Wildman–Crippen MR) is 88.8 cm³/mol. The molecule has 116 valence electrons. The van der Waals surface area contributed by atoms with E-state index in [-0.39, 0.29) is 5.57 Å². The van der Waals surface area contributed by atoms with E-state index in [2.05, 4.69) is 10.3 Å². The smallest absolute Gasteiger partial charge is 0.266 e. The molecule has 23 heavy (non-hydrogen) atoms. The maximum absolute atomic E-state index is 12.2. The topological polar surface area (TPSA) is 75.0 Å². The van der Waals surface area contributed by atoms with Gasteiger partial charge < -0.3 is 10.1 Å². The quantitative estimate of drug-likeness (QED) is 0.680. The van der Waals surface area contributed by atoms with Crippen molar-refractivity contribution in [3.05, 3.63) is 59.4 Å². The molecule has 1 N–H and O–H groups in total. The summed E-state index contributed by atoms with van der Waals surface area (Å²) in [5, 5.41) is 11.9. The van der Waals surface area contributed by atoms with E-state index < -0.39 is 5.91 Å². The number of aromatic nitrogens is 1. The Morgan fingerprint density at radius 3 is 2.87 bits per heavy atom. The zero-order chi connectivity index (χ0) is 16.7. The van der Waals surface area contributed by atoms with Gasteiger partial charge in [0.2, 0.25) is 0 Å². The number of carbonyl (C=O) groups excluding carboxylic acids is 1. The molecule has 0 unspecified atom stereocenters. The Morgan fingerprint density at radius 2 is 2.26 bits per heavy atom. The van der Waals surface area contributed by atoms with Gasteiger partial charge in [-0.3, -0.25) is 9.78 Å². The molecule has 1 amide bonds. The lowest BCUT2D eigenvalue weighted by molar-refractivity contribution is -0.112. The van der Waals surface area contributed by atoms with E-state index in [1.807, 2.05) is 31.2 Å². The van der Waals surface area contributed by atoms with Crippen LogP contribution >= 0.6 is 0 Å². The highest BCUT2D eigenvalue weighted by molar-refractivity contribution is 6.09. The minimum atomic E-state index is -0.482. The van der Waals surface area contributed by atoms with Crippen molar-refractivity contribution in [2.45, 2.75) is 13.3 Å². The van der Waals surface area contributed by atoms with Crippen LogP contribution in [0, 0.1) is 11.3 Å². The van der Waals surface area contributed by atoms with E-state index >= 15 is 0 Å². The van der Waals surface area contributed by atoms with Crippen LogP contribution in [0.2, 0.25) is 0 Å². The summed E-state index contributed by atoms with van der Waals surface area (Å²) in [7, 11) is 1.56. The van der Waals surface area contributed by atoms with Crippen LogP contribution in [-0.2, 0) is 11.2 Å². The molecule has 0 saturated carbocycles. The Balaban J connectivity index is 2.31. The van der Waals surface area contributed by atoms with Crippen molar-refractivity contribution >= 4 is 17.7 Å². The summed E-state index contributed by atoms with van der Waals surface area (Å²) in [6.45, 7) is 2.04. The summed E-state index contributed by atoms with van der Waals surface area (Å²) in [6, 6.07) is 11.0. The Bertz CT molecular complexity index is 762. The van der Waals surface area contributed by atoms with E-state index in [1.165, 1.54) is 12.3 Å². The monoisotopic (exact) mass is 307 g/mol. The minimum absolute atomic E-state index is 0.000376. The van der Waals surface area contributed by atoms with E-state index in [0.29, 0.717) is 17.0 Å². The van der Waals surface area contributed by atoms with Crippen LogP contribution < -0.4 is 10.1 Å². The van der Waals surface area contributed by atoms with Crippen LogP contribution in [0.15, 0.2) is 48.3 Å². The van der Waals surface area contributed by atoms with Crippen molar-refractivity contribution in [3.8, 4) is 11.8 Å². The average Bonchev–Trinajstić information content (AvgIpc) is 2.60. The average molecular weight is 307 g/mol. The molecule has 5 heteroatoms. The molecule has 1 aromatic heterocycles. The molecule has 0 radical (unpaired) electrons. The lowest BCUT2D eigenvalue weighted by Gasteiger charge is -2.08. The number of nitrogens with zero attached hydrogens (tertiary/aromatic N) is 2. The van der Waals surface area contributed by atoms with E-state index in [4.69, 9.17) is 4.74 Å². The first-order valence-electron chi connectivity index (χ1n) is 7.18. The number of carbonyl (C=O) groups is 1. The number of pyridine rings is 1. The molecule has 0 aliphatic heterocycles. The zero-order valence-electron chi connectivity index (χ0n) is 13.0. The van der Waals surface area contributed by atoms with Crippen LogP contribution in [0.4, 0.5) is 5.69 Å². The van der Waals surface area contributed by atoms with Crippen LogP contribution in [0.1, 0.15) is 18.1 Å². The largest absolute Gasteiger partial charge is 0.496 e. The van der Waals surface area contributed by atoms with Gasteiger partial charge in [0.05, 0.1) is 19.0 Å². The van der Waals surface area contributed by atoms with Crippen LogP contribution in [0.3, 0.4) is 0 Å². The van der Waals surface area contributed by atoms with Crippen molar-refractivity contribution in [2.24, 2.45) is 0 Å². The Kier molecular flexibility index (Phi) is 5.48. The Hall–Kier alpha value is -3.13. The van der Waals surface area contributed by atoms with Gasteiger partial charge >= 0.3 is 0 Å². The molecule has 0 aliphatic rings. The van der Waals surface area contributed by atoms with E-state index in [1.54, 1.807) is 25.4 Å². The van der Waals surface area contributed by atoms with E-state index in [9.17, 15) is 10.1 Å². The lowest BCUT2D eigenvalue weighted by atomic mass is 10.0. The standard InChI is InChI=1S/C18H17N3O2/c1-3-13-6-7-17(23-2)14(9-13)10-15(11-19)18(22)21-16-5-4-8-20-12-16/h4-10,12H,3H2,1-2H3,(H,21,22)/b15-10+. The number of anilines is 1. The number of benzene rings is 1. The molecule has 0 spiro atoms. The molecule has 2 aromatic rings. The first kappa shape index (κ1) is 16.2. The molecule has 1 aromatic carbocycles. The fraction of sp³-hybridized carbons (Fsp3) is 0.167. The zero-order valence-corrected chi connectivity index (χ0v) is 13.0. The number of methoxy groups -OCH3 is 1. The summed E-state index contributed by atoms with van der Waals surface area (Å²) in [4.78, 5) is 16.2. The number of rotatable bonds is 5. The van der Waals surface area contributed by atoms with Gasteiger partial charge in [-0.15, -0.1) is 0 Å². The lowest BCUT2D eigenvalue weighted by Crippen LogP contribution is -2.13. The highest BCUT2D eigenvalue weighted by atomic mass is 16.5. The molecular weight excluding hydrogens is 290 g/mol. The number of ether oxygens (including phenoxy) is 1. The summed E-state index contributed by atoms with van der Waals surface area (Å²) in [5.41, 5.74) is 2.33. The molecule has 0 bridgehead atoms. The van der Waals surface area contributed by atoms with Crippen molar-refractivity contribution in [1.29, 1.82) is 5.26 Å². The number of nitriles is 1. The maximum atomic E-state index is 12.2. The molecule has 2 rings (SSSR count). The molecule has 0 saturated heterocycles. The summed E-state index contributed by atoms with van der Waals surface area (Å²) >= 11 is 0. The van der Waals surface area contributed by atoms with E-state index in [0.717, 1.165) is 12.0 Å². The first-order valence-corrected chi connectivity index (χ1v) is 7.18. The predicted octanol–water partition coefficient (Wildman–Crippen LogP) is 3.20. The fourth-order valence-electron chi connectivity index (χ4n) is 2.06. The third-order valence-corrected chi connectivity index (χ3v) is 3.29. The number of aryl methyl sites for hydroxylation is 1. The van der Waals surface area contributed by atoms with Gasteiger partial charge in [-0.05, 0) is 42.3 Å². The molecule has 5 nitrogen and oxygen atoms in total. The molecule has 1 heterocycles. The summed E-state index contributed by atoms with van der Waals surface area (Å²) in [6.07, 6.45) is 5.52. The first-order chi connectivity index (χ1) is 11.2. The minimum Gasteiger partial charge on any atom is -0.496 e. The van der Waals surface area contributed by atoms with Gasteiger partial charge in [0.15, 0.2) is 0 Å².